The fourth-order valence-corrected chi connectivity index (χ4v) is 3.51. The Morgan fingerprint density at radius 2 is 1.96 bits per heavy atom. The Bertz CT molecular complexity index is 998. The van der Waals surface area contributed by atoms with Crippen LogP contribution in [0.4, 0.5) is 0 Å². The third-order valence-electron chi connectivity index (χ3n) is 3.43. The van der Waals surface area contributed by atoms with Gasteiger partial charge in [-0.15, -0.1) is 11.3 Å². The summed E-state index contributed by atoms with van der Waals surface area (Å²) in [4.78, 5) is 36.1. The minimum atomic E-state index is -0.379. The first-order valence-electron chi connectivity index (χ1n) is 7.34. The summed E-state index contributed by atoms with van der Waals surface area (Å²) in [6, 6.07) is 10.5. The summed E-state index contributed by atoms with van der Waals surface area (Å²) in [7, 11) is 0. The molecule has 9 heteroatoms. The van der Waals surface area contributed by atoms with Crippen LogP contribution in [-0.4, -0.2) is 21.6 Å². The number of nitrogens with one attached hydrogen (secondary N) is 2. The molecule has 0 aliphatic heterocycles. The van der Waals surface area contributed by atoms with Crippen molar-refractivity contribution in [1.82, 2.24) is 20.6 Å². The Labute approximate surface area is 154 Å². The van der Waals surface area contributed by atoms with Crippen LogP contribution < -0.4 is 16.3 Å². The lowest BCUT2D eigenvalue weighted by molar-refractivity contribution is -0.122. The number of benzene rings is 1. The Hall–Kier alpha value is -2.52. The number of hydrogen-bond donors (Lipinski definition) is 2. The smallest absolute Gasteiger partial charge is 0.279 e. The standard InChI is InChI=1S/C16H13BrN4O3S/c17-14-6-5-13(25-14)16(24)20-19-15(23)7-8-21-11-4-2-1-3-10(11)12(22)9-18-21/h1-6,9H,7-8H2,(H,19,23)(H,20,24). The number of thiophene rings is 1. The number of carbonyl (C=O) groups excluding carboxylic acids is 2. The summed E-state index contributed by atoms with van der Waals surface area (Å²) in [5.74, 6) is -0.732. The lowest BCUT2D eigenvalue weighted by Crippen LogP contribution is -2.41. The molecule has 0 atom stereocenters. The van der Waals surface area contributed by atoms with Gasteiger partial charge in [0.1, 0.15) is 0 Å². The zero-order chi connectivity index (χ0) is 17.8. The summed E-state index contributed by atoms with van der Waals surface area (Å²) in [5, 5.41) is 4.61. The summed E-state index contributed by atoms with van der Waals surface area (Å²) >= 11 is 4.55. The highest BCUT2D eigenvalue weighted by Gasteiger charge is 2.10. The van der Waals surface area contributed by atoms with Crippen LogP contribution in [-0.2, 0) is 11.3 Å². The van der Waals surface area contributed by atoms with Gasteiger partial charge in [-0.3, -0.25) is 29.9 Å². The van der Waals surface area contributed by atoms with Crippen molar-refractivity contribution in [2.45, 2.75) is 13.0 Å². The second-order valence-electron chi connectivity index (χ2n) is 5.11. The van der Waals surface area contributed by atoms with Gasteiger partial charge in [0, 0.05) is 11.8 Å². The highest BCUT2D eigenvalue weighted by molar-refractivity contribution is 9.11. The number of amides is 2. The van der Waals surface area contributed by atoms with Gasteiger partial charge in [-0.1, -0.05) is 12.1 Å². The molecule has 0 saturated heterocycles. The van der Waals surface area contributed by atoms with Crippen LogP contribution >= 0.6 is 27.3 Å². The summed E-state index contributed by atoms with van der Waals surface area (Å²) in [6.07, 6.45) is 1.34. The van der Waals surface area contributed by atoms with Gasteiger partial charge >= 0.3 is 0 Å². The van der Waals surface area contributed by atoms with E-state index in [1.54, 1.807) is 41.1 Å². The lowest BCUT2D eigenvalue weighted by atomic mass is 10.2. The van der Waals surface area contributed by atoms with Gasteiger partial charge in [0.2, 0.25) is 11.3 Å². The first kappa shape index (κ1) is 17.3. The van der Waals surface area contributed by atoms with Gasteiger partial charge in [0.15, 0.2) is 0 Å². The van der Waals surface area contributed by atoms with Crippen LogP contribution in [0.25, 0.3) is 10.9 Å². The summed E-state index contributed by atoms with van der Waals surface area (Å²) < 4.78 is 2.43. The predicted octanol–water partition coefficient (Wildman–Crippen LogP) is 2.07. The molecular formula is C16H13BrN4O3S. The zero-order valence-corrected chi connectivity index (χ0v) is 15.3. The predicted molar refractivity (Wildman–Crippen MR) is 98.2 cm³/mol. The zero-order valence-electron chi connectivity index (χ0n) is 12.9. The van der Waals surface area contributed by atoms with Gasteiger partial charge in [-0.05, 0) is 40.2 Å². The summed E-state index contributed by atoms with van der Waals surface area (Å²) in [5.41, 5.74) is 5.24. The van der Waals surface area contributed by atoms with E-state index in [9.17, 15) is 14.4 Å². The molecule has 0 aliphatic carbocycles. The molecule has 1 aromatic carbocycles. The number of hydrogen-bond acceptors (Lipinski definition) is 5. The van der Waals surface area contributed by atoms with Crippen LogP contribution in [0.5, 0.6) is 0 Å². The fraction of sp³-hybridized carbons (Fsp3) is 0.125. The maximum Gasteiger partial charge on any atom is 0.279 e. The van der Waals surface area contributed by atoms with Crippen molar-refractivity contribution in [3.05, 3.63) is 61.5 Å². The van der Waals surface area contributed by atoms with E-state index in [1.165, 1.54) is 17.5 Å². The molecule has 0 radical (unpaired) electrons. The van der Waals surface area contributed by atoms with Gasteiger partial charge < -0.3 is 0 Å². The minimum Gasteiger partial charge on any atom is -0.287 e. The normalized spacial score (nSPS) is 10.6. The maximum absolute atomic E-state index is 11.9. The molecule has 2 aromatic heterocycles. The monoisotopic (exact) mass is 420 g/mol. The van der Waals surface area contributed by atoms with Crippen molar-refractivity contribution >= 4 is 50.0 Å². The number of para-hydroxylation sites is 1. The number of rotatable bonds is 4. The van der Waals surface area contributed by atoms with Gasteiger partial charge in [-0.25, -0.2) is 0 Å². The van der Waals surface area contributed by atoms with E-state index in [-0.39, 0.29) is 30.2 Å². The number of fused-ring (bicyclic) bond motifs is 1. The van der Waals surface area contributed by atoms with E-state index in [0.29, 0.717) is 15.8 Å². The molecule has 0 spiro atoms. The molecule has 0 unspecified atom stereocenters. The molecular weight excluding hydrogens is 408 g/mol. The van der Waals surface area contributed by atoms with E-state index in [0.717, 1.165) is 3.79 Å². The summed E-state index contributed by atoms with van der Waals surface area (Å²) in [6.45, 7) is 0.285. The number of hydrazine groups is 1. The molecule has 128 valence electrons. The van der Waals surface area contributed by atoms with E-state index in [4.69, 9.17) is 0 Å². The molecule has 2 N–H and O–H groups in total. The largest absolute Gasteiger partial charge is 0.287 e. The second-order valence-corrected chi connectivity index (χ2v) is 7.57. The lowest BCUT2D eigenvalue weighted by Gasteiger charge is -2.10. The SMILES string of the molecule is O=C(CCn1ncc(=O)c2ccccc21)NNC(=O)c1ccc(Br)s1. The Kier molecular flexibility index (Phi) is 5.25. The molecule has 2 amide bonds. The van der Waals surface area contributed by atoms with Crippen molar-refractivity contribution in [3.63, 3.8) is 0 Å². The second kappa shape index (κ2) is 7.58. The van der Waals surface area contributed by atoms with Crippen LogP contribution in [0.1, 0.15) is 16.1 Å². The molecule has 0 fully saturated rings. The highest BCUT2D eigenvalue weighted by Crippen LogP contribution is 2.21. The van der Waals surface area contributed by atoms with Gasteiger partial charge in [-0.2, -0.15) is 5.10 Å². The number of carbonyl (C=O) groups is 2. The average molecular weight is 421 g/mol. The Morgan fingerprint density at radius 3 is 2.72 bits per heavy atom. The first-order chi connectivity index (χ1) is 12.0. The van der Waals surface area contributed by atoms with E-state index in [1.807, 2.05) is 0 Å². The third kappa shape index (κ3) is 4.12. The number of halogens is 1. The van der Waals surface area contributed by atoms with Crippen molar-refractivity contribution in [2.24, 2.45) is 0 Å². The molecule has 0 saturated carbocycles. The highest BCUT2D eigenvalue weighted by atomic mass is 79.9. The van der Waals surface area contributed by atoms with Crippen LogP contribution in [0, 0.1) is 0 Å². The van der Waals surface area contributed by atoms with E-state index in [2.05, 4.69) is 31.9 Å². The van der Waals surface area contributed by atoms with E-state index >= 15 is 0 Å². The van der Waals surface area contributed by atoms with Crippen molar-refractivity contribution < 1.29 is 9.59 Å². The first-order valence-corrected chi connectivity index (χ1v) is 8.95. The average Bonchev–Trinajstić information content (AvgIpc) is 3.06. The molecule has 0 aliphatic rings. The minimum absolute atomic E-state index is 0.105. The molecule has 3 aromatic rings. The fourth-order valence-electron chi connectivity index (χ4n) is 2.23. The quantitative estimate of drug-likeness (QED) is 0.631. The Balaban J connectivity index is 1.59. The van der Waals surface area contributed by atoms with Crippen LogP contribution in [0.2, 0.25) is 0 Å². The number of aryl methyl sites for hydroxylation is 1. The number of aromatic nitrogens is 2. The van der Waals surface area contributed by atoms with Crippen molar-refractivity contribution in [2.75, 3.05) is 0 Å². The van der Waals surface area contributed by atoms with Crippen LogP contribution in [0.15, 0.2) is 51.2 Å². The Morgan fingerprint density at radius 1 is 1.16 bits per heavy atom. The van der Waals surface area contributed by atoms with Crippen molar-refractivity contribution in [3.8, 4) is 0 Å². The maximum atomic E-state index is 11.9. The molecule has 25 heavy (non-hydrogen) atoms. The van der Waals surface area contributed by atoms with Gasteiger partial charge in [0.25, 0.3) is 5.91 Å². The topological polar surface area (TPSA) is 93.1 Å². The molecule has 0 bridgehead atoms. The number of nitrogens with zero attached hydrogens (tertiary/aromatic N) is 2. The molecule has 2 heterocycles. The van der Waals surface area contributed by atoms with Crippen LogP contribution in [0.3, 0.4) is 0 Å². The van der Waals surface area contributed by atoms with Gasteiger partial charge in [0.05, 0.1) is 26.9 Å². The molecule has 7 nitrogen and oxygen atoms in total. The van der Waals surface area contributed by atoms with Crippen molar-refractivity contribution in [1.29, 1.82) is 0 Å². The van der Waals surface area contributed by atoms with E-state index < -0.39 is 0 Å². The molecule has 3 rings (SSSR count). The third-order valence-corrected chi connectivity index (χ3v) is 5.05.